The molecule has 0 spiro atoms. The lowest BCUT2D eigenvalue weighted by Crippen LogP contribution is -2.35. The van der Waals surface area contributed by atoms with Crippen molar-refractivity contribution in [2.75, 3.05) is 0 Å². The first-order valence-corrected chi connectivity index (χ1v) is 7.23. The Morgan fingerprint density at radius 1 is 1.17 bits per heavy atom. The van der Waals surface area contributed by atoms with E-state index in [2.05, 4.69) is 5.32 Å². The molecular formula is C18H15FN2O3. The fourth-order valence-corrected chi connectivity index (χ4v) is 1.90. The normalized spacial score (nSPS) is 11.2. The Kier molecular flexibility index (Phi) is 5.63. The fourth-order valence-electron chi connectivity index (χ4n) is 1.90. The number of amides is 1. The number of nitrogens with zero attached hydrogens (tertiary/aromatic N) is 1. The Morgan fingerprint density at radius 2 is 1.79 bits per heavy atom. The molecule has 0 aliphatic rings. The predicted molar refractivity (Wildman–Crippen MR) is 84.3 cm³/mol. The largest absolute Gasteiger partial charge is 0.449 e. The van der Waals surface area contributed by atoms with Gasteiger partial charge >= 0.3 is 5.97 Å². The summed E-state index contributed by atoms with van der Waals surface area (Å²) in [7, 11) is 0. The van der Waals surface area contributed by atoms with Gasteiger partial charge in [0.1, 0.15) is 5.82 Å². The number of carbonyl (C=O) groups excluding carboxylic acids is 2. The maximum Gasteiger partial charge on any atom is 0.338 e. The summed E-state index contributed by atoms with van der Waals surface area (Å²) in [5.74, 6) is -1.46. The maximum atomic E-state index is 12.8. The first-order chi connectivity index (χ1) is 11.5. The summed E-state index contributed by atoms with van der Waals surface area (Å²) in [6.45, 7) is 1.67. The second kappa shape index (κ2) is 7.88. The third kappa shape index (κ3) is 4.65. The van der Waals surface area contributed by atoms with E-state index in [0.717, 1.165) is 5.56 Å². The van der Waals surface area contributed by atoms with Gasteiger partial charge in [0.05, 0.1) is 17.2 Å². The molecule has 0 bridgehead atoms. The minimum Gasteiger partial charge on any atom is -0.449 e. The van der Waals surface area contributed by atoms with Gasteiger partial charge in [-0.05, 0) is 48.9 Å². The van der Waals surface area contributed by atoms with Crippen LogP contribution in [0.5, 0.6) is 0 Å². The van der Waals surface area contributed by atoms with E-state index in [9.17, 15) is 14.0 Å². The highest BCUT2D eigenvalue weighted by Crippen LogP contribution is 2.07. The zero-order valence-corrected chi connectivity index (χ0v) is 13.0. The molecule has 0 aromatic heterocycles. The third-order valence-corrected chi connectivity index (χ3v) is 3.28. The van der Waals surface area contributed by atoms with E-state index < -0.39 is 18.0 Å². The molecule has 2 aromatic carbocycles. The van der Waals surface area contributed by atoms with Gasteiger partial charge in [-0.15, -0.1) is 0 Å². The molecule has 1 amide bonds. The molecule has 0 fully saturated rings. The number of halogens is 1. The summed E-state index contributed by atoms with van der Waals surface area (Å²) >= 11 is 0. The van der Waals surface area contributed by atoms with Crippen LogP contribution in [0.2, 0.25) is 0 Å². The van der Waals surface area contributed by atoms with Crippen molar-refractivity contribution in [3.63, 3.8) is 0 Å². The monoisotopic (exact) mass is 326 g/mol. The number of nitriles is 1. The maximum absolute atomic E-state index is 12.8. The van der Waals surface area contributed by atoms with Crippen molar-refractivity contribution in [3.8, 4) is 6.07 Å². The zero-order valence-electron chi connectivity index (χ0n) is 13.0. The zero-order chi connectivity index (χ0) is 17.5. The van der Waals surface area contributed by atoms with Gasteiger partial charge in [-0.25, -0.2) is 9.18 Å². The molecule has 1 atom stereocenters. The Hall–Kier alpha value is -3.20. The van der Waals surface area contributed by atoms with E-state index in [1.54, 1.807) is 12.1 Å². The summed E-state index contributed by atoms with van der Waals surface area (Å²) < 4.78 is 17.9. The summed E-state index contributed by atoms with van der Waals surface area (Å²) in [6.07, 6.45) is -0.978. The predicted octanol–water partition coefficient (Wildman–Crippen LogP) is 2.56. The molecule has 0 saturated heterocycles. The lowest BCUT2D eigenvalue weighted by molar-refractivity contribution is -0.129. The second-order valence-corrected chi connectivity index (χ2v) is 5.08. The van der Waals surface area contributed by atoms with Crippen LogP contribution in [0.4, 0.5) is 4.39 Å². The van der Waals surface area contributed by atoms with Crippen molar-refractivity contribution < 1.29 is 18.7 Å². The van der Waals surface area contributed by atoms with Crippen LogP contribution in [0.3, 0.4) is 0 Å². The van der Waals surface area contributed by atoms with E-state index in [1.165, 1.54) is 43.3 Å². The average molecular weight is 326 g/mol. The van der Waals surface area contributed by atoms with Gasteiger partial charge < -0.3 is 10.1 Å². The number of hydrogen-bond acceptors (Lipinski definition) is 4. The standard InChI is InChI=1S/C18H15FN2O3/c1-12(17(22)21-11-14-4-8-16(19)9-5-14)24-18(23)15-6-2-13(10-20)3-7-15/h2-9,12H,11H2,1H3,(H,21,22). The van der Waals surface area contributed by atoms with Gasteiger partial charge in [-0.1, -0.05) is 12.1 Å². The first-order valence-electron chi connectivity index (χ1n) is 7.23. The Bertz CT molecular complexity index is 764. The minimum atomic E-state index is -0.978. The molecule has 0 heterocycles. The Morgan fingerprint density at radius 3 is 2.38 bits per heavy atom. The number of hydrogen-bond donors (Lipinski definition) is 1. The van der Waals surface area contributed by atoms with Gasteiger partial charge in [0.15, 0.2) is 6.10 Å². The van der Waals surface area contributed by atoms with Gasteiger partial charge in [-0.2, -0.15) is 5.26 Å². The molecule has 5 nitrogen and oxygen atoms in total. The highest BCUT2D eigenvalue weighted by molar-refractivity contribution is 5.92. The van der Waals surface area contributed by atoms with Crippen molar-refractivity contribution in [3.05, 3.63) is 71.0 Å². The number of benzene rings is 2. The SMILES string of the molecule is CC(OC(=O)c1ccc(C#N)cc1)C(=O)NCc1ccc(F)cc1. The van der Waals surface area contributed by atoms with Crippen molar-refractivity contribution in [1.29, 1.82) is 5.26 Å². The van der Waals surface area contributed by atoms with E-state index in [0.29, 0.717) is 5.56 Å². The summed E-state index contributed by atoms with van der Waals surface area (Å²) in [6, 6.07) is 13.6. The van der Waals surface area contributed by atoms with Crippen molar-refractivity contribution in [2.24, 2.45) is 0 Å². The van der Waals surface area contributed by atoms with E-state index in [-0.39, 0.29) is 17.9 Å². The van der Waals surface area contributed by atoms with Crippen LogP contribution in [0.25, 0.3) is 0 Å². The number of ether oxygens (including phenoxy) is 1. The molecule has 6 heteroatoms. The highest BCUT2D eigenvalue weighted by Gasteiger charge is 2.18. The molecule has 0 radical (unpaired) electrons. The highest BCUT2D eigenvalue weighted by atomic mass is 19.1. The van der Waals surface area contributed by atoms with Gasteiger partial charge in [0, 0.05) is 6.54 Å². The molecular weight excluding hydrogens is 311 g/mol. The van der Waals surface area contributed by atoms with E-state index >= 15 is 0 Å². The fraction of sp³-hybridized carbons (Fsp3) is 0.167. The summed E-state index contributed by atoms with van der Waals surface area (Å²) in [4.78, 5) is 23.9. The quantitative estimate of drug-likeness (QED) is 0.857. The van der Waals surface area contributed by atoms with Crippen LogP contribution in [0, 0.1) is 17.1 Å². The topological polar surface area (TPSA) is 79.2 Å². The van der Waals surface area contributed by atoms with Gasteiger partial charge in [0.2, 0.25) is 0 Å². The minimum absolute atomic E-state index is 0.206. The van der Waals surface area contributed by atoms with Crippen molar-refractivity contribution in [1.82, 2.24) is 5.32 Å². The average Bonchev–Trinajstić information content (AvgIpc) is 2.60. The number of nitrogens with one attached hydrogen (secondary N) is 1. The van der Waals surface area contributed by atoms with Crippen LogP contribution in [-0.4, -0.2) is 18.0 Å². The summed E-state index contributed by atoms with van der Waals surface area (Å²) in [5, 5.41) is 11.3. The molecule has 2 aromatic rings. The van der Waals surface area contributed by atoms with Crippen LogP contribution in [-0.2, 0) is 16.1 Å². The van der Waals surface area contributed by atoms with Crippen LogP contribution in [0.1, 0.15) is 28.4 Å². The molecule has 1 unspecified atom stereocenters. The smallest absolute Gasteiger partial charge is 0.338 e. The molecule has 24 heavy (non-hydrogen) atoms. The Balaban J connectivity index is 1.87. The number of rotatable bonds is 5. The lowest BCUT2D eigenvalue weighted by atomic mass is 10.1. The van der Waals surface area contributed by atoms with Gasteiger partial charge in [-0.3, -0.25) is 4.79 Å². The molecule has 0 aliphatic carbocycles. The Labute approximate surface area is 138 Å². The van der Waals surface area contributed by atoms with E-state index in [4.69, 9.17) is 10.00 Å². The van der Waals surface area contributed by atoms with E-state index in [1.807, 2.05) is 6.07 Å². The third-order valence-electron chi connectivity index (χ3n) is 3.28. The lowest BCUT2D eigenvalue weighted by Gasteiger charge is -2.13. The van der Waals surface area contributed by atoms with Crippen LogP contribution >= 0.6 is 0 Å². The molecule has 2 rings (SSSR count). The number of esters is 1. The van der Waals surface area contributed by atoms with Crippen LogP contribution < -0.4 is 5.32 Å². The molecule has 122 valence electrons. The number of carbonyl (C=O) groups is 2. The van der Waals surface area contributed by atoms with Crippen molar-refractivity contribution >= 4 is 11.9 Å². The summed E-state index contributed by atoms with van der Waals surface area (Å²) in [5.41, 5.74) is 1.42. The first kappa shape index (κ1) is 17.2. The second-order valence-electron chi connectivity index (χ2n) is 5.08. The molecule has 0 saturated carbocycles. The van der Waals surface area contributed by atoms with Gasteiger partial charge in [0.25, 0.3) is 5.91 Å². The molecule has 0 aliphatic heterocycles. The van der Waals surface area contributed by atoms with Crippen LogP contribution in [0.15, 0.2) is 48.5 Å². The van der Waals surface area contributed by atoms with Crippen molar-refractivity contribution in [2.45, 2.75) is 19.6 Å². The molecule has 1 N–H and O–H groups in total.